The average Bonchev–Trinajstić information content (AvgIpc) is 2.59. The van der Waals surface area contributed by atoms with E-state index < -0.39 is 0 Å². The zero-order chi connectivity index (χ0) is 17.5. The number of amides is 1. The van der Waals surface area contributed by atoms with Gasteiger partial charge in [0.05, 0.1) is 6.61 Å². The van der Waals surface area contributed by atoms with Crippen molar-refractivity contribution in [2.75, 3.05) is 50.6 Å². The van der Waals surface area contributed by atoms with Gasteiger partial charge < -0.3 is 19.9 Å². The van der Waals surface area contributed by atoms with Gasteiger partial charge in [0.1, 0.15) is 5.82 Å². The third kappa shape index (κ3) is 5.09. The summed E-state index contributed by atoms with van der Waals surface area (Å²) in [6.07, 6.45) is 2.87. The number of nitrogens with one attached hydrogen (secondary N) is 1. The number of hydrogen-bond donors (Lipinski definition) is 1. The topological polar surface area (TPSA) is 57.7 Å². The molecule has 24 heavy (non-hydrogen) atoms. The van der Waals surface area contributed by atoms with Gasteiger partial charge in [0.25, 0.3) is 0 Å². The molecule has 1 amide bonds. The van der Waals surface area contributed by atoms with Gasteiger partial charge in [-0.2, -0.15) is 0 Å². The number of carbonyl (C=O) groups is 1. The minimum Gasteiger partial charge on any atom is -0.383 e. The Balaban J connectivity index is 2.03. The van der Waals surface area contributed by atoms with E-state index in [9.17, 15) is 4.79 Å². The second kappa shape index (κ2) is 8.87. The van der Waals surface area contributed by atoms with Crippen molar-refractivity contribution in [2.45, 2.75) is 39.2 Å². The van der Waals surface area contributed by atoms with Gasteiger partial charge in [0.15, 0.2) is 0 Å². The molecule has 2 heterocycles. The van der Waals surface area contributed by atoms with Crippen LogP contribution < -0.4 is 10.2 Å². The van der Waals surface area contributed by atoms with Crippen molar-refractivity contribution < 1.29 is 9.53 Å². The maximum absolute atomic E-state index is 11.4. The van der Waals surface area contributed by atoms with E-state index in [4.69, 9.17) is 9.72 Å². The molecule has 0 aromatic carbocycles. The highest BCUT2D eigenvalue weighted by Crippen LogP contribution is 2.22. The number of methoxy groups -OCH3 is 1. The van der Waals surface area contributed by atoms with E-state index in [1.165, 1.54) is 0 Å². The molecule has 134 valence electrons. The SMILES string of the molecule is CCc1cc(NC2CCN(C(C)=O)CC2)cc(N(C)CCOC)n1. The lowest BCUT2D eigenvalue weighted by atomic mass is 10.0. The first kappa shape index (κ1) is 18.5. The first-order chi connectivity index (χ1) is 11.5. The molecule has 2 rings (SSSR count). The fourth-order valence-corrected chi connectivity index (χ4v) is 2.95. The predicted molar refractivity (Wildman–Crippen MR) is 97.7 cm³/mol. The summed E-state index contributed by atoms with van der Waals surface area (Å²) >= 11 is 0. The summed E-state index contributed by atoms with van der Waals surface area (Å²) in [7, 11) is 3.75. The monoisotopic (exact) mass is 334 g/mol. The van der Waals surface area contributed by atoms with Gasteiger partial charge in [-0.25, -0.2) is 4.98 Å². The lowest BCUT2D eigenvalue weighted by Crippen LogP contribution is -2.41. The number of aryl methyl sites for hydroxylation is 1. The number of carbonyl (C=O) groups excluding carboxylic acids is 1. The fraction of sp³-hybridized carbons (Fsp3) is 0.667. The number of aromatic nitrogens is 1. The van der Waals surface area contributed by atoms with Crippen molar-refractivity contribution in [3.63, 3.8) is 0 Å². The molecule has 0 radical (unpaired) electrons. The minimum atomic E-state index is 0.174. The zero-order valence-electron chi connectivity index (χ0n) is 15.3. The molecule has 1 aliphatic heterocycles. The largest absolute Gasteiger partial charge is 0.383 e. The van der Waals surface area contributed by atoms with Crippen LogP contribution in [0.4, 0.5) is 11.5 Å². The Morgan fingerprint density at radius 1 is 1.42 bits per heavy atom. The van der Waals surface area contributed by atoms with Crippen LogP contribution in [0.5, 0.6) is 0 Å². The van der Waals surface area contributed by atoms with E-state index >= 15 is 0 Å². The number of rotatable bonds is 7. The van der Waals surface area contributed by atoms with Crippen molar-refractivity contribution in [3.8, 4) is 0 Å². The van der Waals surface area contributed by atoms with Gasteiger partial charge in [-0.1, -0.05) is 6.92 Å². The highest BCUT2D eigenvalue weighted by Gasteiger charge is 2.20. The highest BCUT2D eigenvalue weighted by molar-refractivity contribution is 5.73. The summed E-state index contributed by atoms with van der Waals surface area (Å²) in [5.41, 5.74) is 2.20. The first-order valence-electron chi connectivity index (χ1n) is 8.76. The molecule has 1 N–H and O–H groups in total. The summed E-state index contributed by atoms with van der Waals surface area (Å²) in [6, 6.07) is 4.64. The first-order valence-corrected chi connectivity index (χ1v) is 8.76. The quantitative estimate of drug-likeness (QED) is 0.828. The molecule has 1 aromatic rings. The predicted octanol–water partition coefficient (Wildman–Crippen LogP) is 2.15. The number of ether oxygens (including phenoxy) is 1. The van der Waals surface area contributed by atoms with Gasteiger partial charge in [-0.05, 0) is 25.3 Å². The number of nitrogens with zero attached hydrogens (tertiary/aromatic N) is 3. The molecule has 1 saturated heterocycles. The van der Waals surface area contributed by atoms with Crippen LogP contribution in [0, 0.1) is 0 Å². The van der Waals surface area contributed by atoms with E-state index in [1.54, 1.807) is 14.0 Å². The lowest BCUT2D eigenvalue weighted by Gasteiger charge is -2.32. The molecule has 1 fully saturated rings. The Hall–Kier alpha value is -1.82. The van der Waals surface area contributed by atoms with Crippen molar-refractivity contribution in [1.29, 1.82) is 0 Å². The Morgan fingerprint density at radius 3 is 2.71 bits per heavy atom. The van der Waals surface area contributed by atoms with Crippen molar-refractivity contribution in [1.82, 2.24) is 9.88 Å². The number of piperidine rings is 1. The van der Waals surface area contributed by atoms with E-state index in [0.29, 0.717) is 12.6 Å². The van der Waals surface area contributed by atoms with E-state index in [0.717, 1.165) is 56.1 Å². The molecule has 1 aliphatic rings. The molecular formula is C18H30N4O2. The van der Waals surface area contributed by atoms with E-state index in [1.807, 2.05) is 11.9 Å². The smallest absolute Gasteiger partial charge is 0.219 e. The van der Waals surface area contributed by atoms with Gasteiger partial charge in [-0.15, -0.1) is 0 Å². The number of hydrogen-bond acceptors (Lipinski definition) is 5. The second-order valence-electron chi connectivity index (χ2n) is 6.40. The van der Waals surface area contributed by atoms with Gasteiger partial charge >= 0.3 is 0 Å². The van der Waals surface area contributed by atoms with Crippen molar-refractivity contribution in [2.24, 2.45) is 0 Å². The third-order valence-corrected chi connectivity index (χ3v) is 4.56. The molecular weight excluding hydrogens is 304 g/mol. The standard InChI is InChI=1S/C18H30N4O2/c1-5-15-12-17(13-18(20-15)21(3)10-11-24-4)19-16-6-8-22(9-7-16)14(2)23/h12-13,16H,5-11H2,1-4H3,(H,19,20). The molecule has 0 atom stereocenters. The fourth-order valence-electron chi connectivity index (χ4n) is 2.95. The third-order valence-electron chi connectivity index (χ3n) is 4.56. The summed E-state index contributed by atoms with van der Waals surface area (Å²) < 4.78 is 5.15. The Bertz CT molecular complexity index is 542. The van der Waals surface area contributed by atoms with Crippen molar-refractivity contribution in [3.05, 3.63) is 17.8 Å². The molecule has 6 nitrogen and oxygen atoms in total. The molecule has 0 aliphatic carbocycles. The van der Waals surface area contributed by atoms with E-state index in [2.05, 4.69) is 29.3 Å². The zero-order valence-corrected chi connectivity index (χ0v) is 15.3. The van der Waals surface area contributed by atoms with Crippen LogP contribution in [0.2, 0.25) is 0 Å². The van der Waals surface area contributed by atoms with Crippen LogP contribution in [0.1, 0.15) is 32.4 Å². The van der Waals surface area contributed by atoms with Crippen LogP contribution in [-0.2, 0) is 16.0 Å². The maximum Gasteiger partial charge on any atom is 0.219 e. The molecule has 1 aromatic heterocycles. The van der Waals surface area contributed by atoms with Gasteiger partial charge in [0.2, 0.25) is 5.91 Å². The van der Waals surface area contributed by atoms with Gasteiger partial charge in [0, 0.05) is 64.2 Å². The Kier molecular flexibility index (Phi) is 6.85. The molecule has 0 bridgehead atoms. The van der Waals surface area contributed by atoms with Crippen molar-refractivity contribution >= 4 is 17.4 Å². The molecule has 0 spiro atoms. The number of likely N-dealkylation sites (tertiary alicyclic amines) is 1. The highest BCUT2D eigenvalue weighted by atomic mass is 16.5. The van der Waals surface area contributed by atoms with Crippen LogP contribution in [-0.4, -0.2) is 62.2 Å². The molecule has 6 heteroatoms. The minimum absolute atomic E-state index is 0.174. The average molecular weight is 334 g/mol. The van der Waals surface area contributed by atoms with Crippen LogP contribution in [0.3, 0.4) is 0 Å². The molecule has 0 saturated carbocycles. The van der Waals surface area contributed by atoms with Crippen LogP contribution in [0.15, 0.2) is 12.1 Å². The maximum atomic E-state index is 11.4. The van der Waals surface area contributed by atoms with Crippen LogP contribution in [0.25, 0.3) is 0 Å². The van der Waals surface area contributed by atoms with E-state index in [-0.39, 0.29) is 5.91 Å². The Labute approximate surface area is 145 Å². The number of anilines is 2. The number of pyridine rings is 1. The summed E-state index contributed by atoms with van der Waals surface area (Å²) in [5, 5.41) is 3.63. The molecule has 0 unspecified atom stereocenters. The van der Waals surface area contributed by atoms with Crippen LogP contribution >= 0.6 is 0 Å². The lowest BCUT2D eigenvalue weighted by molar-refractivity contribution is -0.129. The number of likely N-dealkylation sites (N-methyl/N-ethyl adjacent to an activating group) is 1. The summed E-state index contributed by atoms with van der Waals surface area (Å²) in [6.45, 7) is 6.93. The second-order valence-corrected chi connectivity index (χ2v) is 6.40. The van der Waals surface area contributed by atoms with Gasteiger partial charge in [-0.3, -0.25) is 4.79 Å². The normalized spacial score (nSPS) is 15.4. The summed E-state index contributed by atoms with van der Waals surface area (Å²) in [5.74, 6) is 1.14. The summed E-state index contributed by atoms with van der Waals surface area (Å²) in [4.78, 5) is 20.2. The Morgan fingerprint density at radius 2 is 2.12 bits per heavy atom.